The maximum Gasteiger partial charge on any atom is 0.356 e. The summed E-state index contributed by atoms with van der Waals surface area (Å²) in [5.74, 6) is -3.06. The summed E-state index contributed by atoms with van der Waals surface area (Å²) >= 11 is 0. The summed E-state index contributed by atoms with van der Waals surface area (Å²) in [5.41, 5.74) is 4.30. The van der Waals surface area contributed by atoms with Crippen molar-refractivity contribution in [2.75, 3.05) is 6.61 Å². The first-order chi connectivity index (χ1) is 14.9. The molecule has 164 valence electrons. The number of fused-ring (bicyclic) bond motifs is 8. The quantitative estimate of drug-likeness (QED) is 0.531. The van der Waals surface area contributed by atoms with Crippen molar-refractivity contribution in [3.8, 4) is 0 Å². The molecule has 0 amide bonds. The van der Waals surface area contributed by atoms with Crippen LogP contribution in [-0.2, 0) is 41.5 Å². The molecule has 3 heterocycles. The van der Waals surface area contributed by atoms with Crippen LogP contribution in [0.1, 0.15) is 48.9 Å². The first-order valence-electron chi connectivity index (χ1n) is 11.2. The number of esters is 1. The van der Waals surface area contributed by atoms with Crippen LogP contribution in [0.15, 0.2) is 17.3 Å². The molecule has 1 aromatic rings. The maximum absolute atomic E-state index is 13.7. The van der Waals surface area contributed by atoms with Crippen LogP contribution >= 0.6 is 0 Å². The molecule has 7 heteroatoms. The number of oxime groups is 1. The minimum Gasteiger partial charge on any atom is -0.461 e. The van der Waals surface area contributed by atoms with Gasteiger partial charge in [0.15, 0.2) is 23.4 Å². The molecule has 0 aromatic heterocycles. The monoisotopic (exact) mass is 425 g/mol. The summed E-state index contributed by atoms with van der Waals surface area (Å²) in [6.07, 6.45) is -0.136. The van der Waals surface area contributed by atoms with Crippen LogP contribution in [0, 0.1) is 24.7 Å². The number of hydrogen-bond donors (Lipinski definition) is 0. The molecule has 0 N–H and O–H groups in total. The van der Waals surface area contributed by atoms with Gasteiger partial charge in [-0.3, -0.25) is 9.59 Å². The van der Waals surface area contributed by atoms with E-state index in [1.54, 1.807) is 6.92 Å². The molecule has 4 aliphatic rings. The Morgan fingerprint density at radius 2 is 1.58 bits per heavy atom. The molecule has 1 aliphatic carbocycles. The summed E-state index contributed by atoms with van der Waals surface area (Å²) in [6.45, 7) is 8.09. The molecule has 1 aromatic carbocycles. The van der Waals surface area contributed by atoms with Gasteiger partial charge in [-0.05, 0) is 43.4 Å². The van der Waals surface area contributed by atoms with Crippen LogP contribution in [0.4, 0.5) is 0 Å². The van der Waals surface area contributed by atoms with Crippen LogP contribution in [0.25, 0.3) is 0 Å². The summed E-state index contributed by atoms with van der Waals surface area (Å²) in [4.78, 5) is 45.2. The van der Waals surface area contributed by atoms with Gasteiger partial charge in [0.25, 0.3) is 0 Å². The van der Waals surface area contributed by atoms with Crippen molar-refractivity contribution in [3.05, 3.63) is 34.4 Å². The number of hydrogen-bond acceptors (Lipinski definition) is 7. The summed E-state index contributed by atoms with van der Waals surface area (Å²) < 4.78 is 11.2. The van der Waals surface area contributed by atoms with Gasteiger partial charge >= 0.3 is 5.97 Å². The van der Waals surface area contributed by atoms with Gasteiger partial charge in [-0.25, -0.2) is 4.79 Å². The van der Waals surface area contributed by atoms with Crippen LogP contribution in [-0.4, -0.2) is 48.2 Å². The number of rotatable bonds is 5. The van der Waals surface area contributed by atoms with Crippen molar-refractivity contribution >= 4 is 23.2 Å². The first kappa shape index (κ1) is 20.4. The zero-order valence-corrected chi connectivity index (χ0v) is 18.2. The molecule has 5 rings (SSSR count). The lowest BCUT2D eigenvalue weighted by Gasteiger charge is -2.26. The van der Waals surface area contributed by atoms with Gasteiger partial charge in [0.1, 0.15) is 12.0 Å². The zero-order chi connectivity index (χ0) is 22.0. The first-order valence-corrected chi connectivity index (χ1v) is 11.2. The molecule has 2 saturated heterocycles. The number of nitrogens with zero attached hydrogens (tertiary/aromatic N) is 1. The third kappa shape index (κ3) is 2.68. The fourth-order valence-corrected chi connectivity index (χ4v) is 6.13. The van der Waals surface area contributed by atoms with Gasteiger partial charge in [-0.15, -0.1) is 0 Å². The Labute approximate surface area is 181 Å². The molecule has 0 radical (unpaired) electrons. The number of carbonyl (C=O) groups excluding carboxylic acids is 3. The Kier molecular flexibility index (Phi) is 4.77. The van der Waals surface area contributed by atoms with Gasteiger partial charge < -0.3 is 14.3 Å². The van der Waals surface area contributed by atoms with Gasteiger partial charge in [0, 0.05) is 0 Å². The summed E-state index contributed by atoms with van der Waals surface area (Å²) in [6, 6.07) is 4.16. The molecular weight excluding hydrogens is 398 g/mol. The molecule has 7 atom stereocenters. The highest BCUT2D eigenvalue weighted by atomic mass is 16.7. The van der Waals surface area contributed by atoms with E-state index in [-0.39, 0.29) is 23.9 Å². The second-order valence-corrected chi connectivity index (χ2v) is 8.85. The van der Waals surface area contributed by atoms with Crippen molar-refractivity contribution in [2.45, 2.75) is 64.8 Å². The predicted octanol–water partition coefficient (Wildman–Crippen LogP) is 2.30. The fourth-order valence-electron chi connectivity index (χ4n) is 6.13. The highest BCUT2D eigenvalue weighted by Crippen LogP contribution is 2.57. The van der Waals surface area contributed by atoms with Crippen molar-refractivity contribution < 1.29 is 28.7 Å². The minimum absolute atomic E-state index is 0.0811. The minimum atomic E-state index is -0.767. The van der Waals surface area contributed by atoms with Crippen LogP contribution in [0.5, 0.6) is 0 Å². The molecule has 1 saturated carbocycles. The number of carbonyl (C=O) groups is 3. The second kappa shape index (κ2) is 7.26. The fraction of sp³-hybridized carbons (Fsp3) is 0.583. The van der Waals surface area contributed by atoms with Crippen LogP contribution < -0.4 is 0 Å². The lowest BCUT2D eigenvalue weighted by atomic mass is 9.72. The number of benzene rings is 1. The van der Waals surface area contributed by atoms with Crippen LogP contribution in [0.3, 0.4) is 0 Å². The van der Waals surface area contributed by atoms with Gasteiger partial charge in [0.05, 0.1) is 30.5 Å². The molecular formula is C24H27NO6. The number of Topliss-reactive ketones (excluding diaryl/α,β-unsaturated/α-hetero) is 2. The number of ketones is 2. The lowest BCUT2D eigenvalue weighted by Crippen LogP contribution is -2.47. The highest BCUT2D eigenvalue weighted by Gasteiger charge is 2.73. The molecule has 2 bridgehead atoms. The van der Waals surface area contributed by atoms with Crippen molar-refractivity contribution in [1.29, 1.82) is 0 Å². The van der Waals surface area contributed by atoms with E-state index in [0.29, 0.717) is 0 Å². The molecule has 3 unspecified atom stereocenters. The van der Waals surface area contributed by atoms with E-state index < -0.39 is 48.0 Å². The van der Waals surface area contributed by atoms with E-state index >= 15 is 0 Å². The summed E-state index contributed by atoms with van der Waals surface area (Å²) in [5, 5.41) is 3.94. The van der Waals surface area contributed by atoms with Crippen molar-refractivity contribution in [3.63, 3.8) is 0 Å². The Hall–Kier alpha value is -2.54. The Morgan fingerprint density at radius 3 is 2.16 bits per heavy atom. The normalized spacial score (nSPS) is 35.1. The van der Waals surface area contributed by atoms with Gasteiger partial charge in [-0.1, -0.05) is 36.7 Å². The second-order valence-electron chi connectivity index (χ2n) is 8.85. The van der Waals surface area contributed by atoms with E-state index in [9.17, 15) is 14.4 Å². The van der Waals surface area contributed by atoms with E-state index in [0.717, 1.165) is 35.1 Å². The standard InChI is InChI=1S/C24H27NO6/c1-5-11-8-10(4)9-12(6-2)13(11)14-19(26)15-16(20(14)27)22-23-17(21(15)30-22)18(25-31-23)24(28)29-7-3/h8-9,14-17,21-23H,5-7H2,1-4H3/t14?,15-,16+,17?,21+,22-,23?/m0/s1. The molecule has 3 aliphatic heterocycles. The molecule has 31 heavy (non-hydrogen) atoms. The van der Waals surface area contributed by atoms with Gasteiger partial charge in [0.2, 0.25) is 0 Å². The highest BCUT2D eigenvalue weighted by molar-refractivity contribution is 6.38. The topological polar surface area (TPSA) is 91.3 Å². The number of ether oxygens (including phenoxy) is 2. The Balaban J connectivity index is 1.53. The zero-order valence-electron chi connectivity index (χ0n) is 18.2. The lowest BCUT2D eigenvalue weighted by molar-refractivity contribution is -0.136. The maximum atomic E-state index is 13.7. The average molecular weight is 425 g/mol. The average Bonchev–Trinajstić information content (AvgIpc) is 3.48. The van der Waals surface area contributed by atoms with E-state index in [1.807, 2.05) is 6.92 Å². The largest absolute Gasteiger partial charge is 0.461 e. The van der Waals surface area contributed by atoms with Crippen molar-refractivity contribution in [2.24, 2.45) is 22.9 Å². The smallest absolute Gasteiger partial charge is 0.356 e. The molecule has 7 nitrogen and oxygen atoms in total. The van der Waals surface area contributed by atoms with E-state index in [1.165, 1.54) is 0 Å². The third-order valence-electron chi connectivity index (χ3n) is 7.29. The van der Waals surface area contributed by atoms with Crippen LogP contribution in [0.2, 0.25) is 0 Å². The Morgan fingerprint density at radius 1 is 0.968 bits per heavy atom. The van der Waals surface area contributed by atoms with Gasteiger partial charge in [-0.2, -0.15) is 0 Å². The van der Waals surface area contributed by atoms with Crippen molar-refractivity contribution in [1.82, 2.24) is 0 Å². The van der Waals surface area contributed by atoms with E-state index in [4.69, 9.17) is 14.3 Å². The third-order valence-corrected chi connectivity index (χ3v) is 7.29. The number of aryl methyl sites for hydroxylation is 3. The summed E-state index contributed by atoms with van der Waals surface area (Å²) in [7, 11) is 0. The Bertz CT molecular complexity index is 988. The van der Waals surface area contributed by atoms with E-state index in [2.05, 4.69) is 31.1 Å². The predicted molar refractivity (Wildman–Crippen MR) is 111 cm³/mol. The molecule has 0 spiro atoms. The molecule has 3 fully saturated rings. The SMILES string of the molecule is CCOC(=O)C1=NOC2C1[C@@H]1O[C@H]2[C@H]2C(=O)C(c3c(CC)cc(C)cc3CC)C(=O)[C@H]21.